The van der Waals surface area contributed by atoms with Gasteiger partial charge in [0.15, 0.2) is 0 Å². The van der Waals surface area contributed by atoms with E-state index in [9.17, 15) is 14.0 Å². The number of hydrogen-bond donors (Lipinski definition) is 2. The third kappa shape index (κ3) is 4.18. The van der Waals surface area contributed by atoms with Gasteiger partial charge in [-0.2, -0.15) is 0 Å². The highest BCUT2D eigenvalue weighted by Gasteiger charge is 2.57. The molecule has 25 heavy (non-hydrogen) atoms. The number of benzene rings is 1. The van der Waals surface area contributed by atoms with Crippen LogP contribution < -0.4 is 10.6 Å². The van der Waals surface area contributed by atoms with Gasteiger partial charge in [0.05, 0.1) is 19.1 Å². The van der Waals surface area contributed by atoms with Gasteiger partial charge >= 0.3 is 5.97 Å². The summed E-state index contributed by atoms with van der Waals surface area (Å²) in [6.45, 7) is 3.94. The molecule has 1 aromatic rings. The first-order valence-electron chi connectivity index (χ1n) is 8.96. The molecule has 2 aliphatic rings. The zero-order valence-electron chi connectivity index (χ0n) is 14.5. The van der Waals surface area contributed by atoms with Gasteiger partial charge in [0.1, 0.15) is 5.82 Å². The molecule has 2 unspecified atom stereocenters. The number of halogens is 1. The summed E-state index contributed by atoms with van der Waals surface area (Å²) >= 11 is 0. The fourth-order valence-corrected chi connectivity index (χ4v) is 3.80. The summed E-state index contributed by atoms with van der Waals surface area (Å²) in [5, 5.41) is 6.32. The van der Waals surface area contributed by atoms with E-state index < -0.39 is 6.04 Å². The van der Waals surface area contributed by atoms with E-state index in [2.05, 4.69) is 10.6 Å². The van der Waals surface area contributed by atoms with E-state index in [4.69, 9.17) is 4.74 Å². The summed E-state index contributed by atoms with van der Waals surface area (Å²) in [7, 11) is 0. The third-order valence-electron chi connectivity index (χ3n) is 5.37. The first-order valence-corrected chi connectivity index (χ1v) is 8.96. The Morgan fingerprint density at radius 1 is 1.32 bits per heavy atom. The quantitative estimate of drug-likeness (QED) is 0.775. The Labute approximate surface area is 147 Å². The molecule has 2 fully saturated rings. The maximum atomic E-state index is 13.2. The Hall–Kier alpha value is -1.95. The van der Waals surface area contributed by atoms with Crippen LogP contribution in [0.1, 0.15) is 44.2 Å². The number of piperidine rings is 1. The lowest BCUT2D eigenvalue weighted by atomic mass is 9.91. The van der Waals surface area contributed by atoms with Crippen molar-refractivity contribution in [2.24, 2.45) is 11.3 Å². The van der Waals surface area contributed by atoms with Gasteiger partial charge in [-0.15, -0.1) is 0 Å². The van der Waals surface area contributed by atoms with Crippen molar-refractivity contribution in [1.29, 1.82) is 0 Å². The van der Waals surface area contributed by atoms with Gasteiger partial charge in [0.2, 0.25) is 5.91 Å². The predicted molar refractivity (Wildman–Crippen MR) is 91.2 cm³/mol. The summed E-state index contributed by atoms with van der Waals surface area (Å²) in [5.41, 5.74) is 0.842. The molecule has 2 N–H and O–H groups in total. The van der Waals surface area contributed by atoms with Gasteiger partial charge < -0.3 is 15.4 Å². The molecule has 2 atom stereocenters. The molecule has 1 aromatic carbocycles. The van der Waals surface area contributed by atoms with Crippen LogP contribution in [-0.2, 0) is 14.3 Å². The minimum atomic E-state index is -0.494. The van der Waals surface area contributed by atoms with Crippen LogP contribution in [0.5, 0.6) is 0 Å². The highest BCUT2D eigenvalue weighted by molar-refractivity contribution is 5.83. The lowest BCUT2D eigenvalue weighted by Crippen LogP contribution is -2.36. The standard InChI is InChI=1S/C19H25FN2O3/c1-2-25-17(23)11-16(13-3-5-14(20)6-4-13)22-18(24)15-12-19(15)7-9-21-10-8-19/h3-6,15-16,21H,2,7-12H2,1H3,(H,22,24). The fraction of sp³-hybridized carbons (Fsp3) is 0.579. The molecular weight excluding hydrogens is 323 g/mol. The van der Waals surface area contributed by atoms with E-state index in [1.807, 2.05) is 0 Å². The van der Waals surface area contributed by atoms with Crippen LogP contribution >= 0.6 is 0 Å². The normalized spacial score (nSPS) is 22.2. The first kappa shape index (κ1) is 17.9. The first-order chi connectivity index (χ1) is 12.0. The van der Waals surface area contributed by atoms with Crippen LogP contribution in [0.25, 0.3) is 0 Å². The fourth-order valence-electron chi connectivity index (χ4n) is 3.80. The Kier molecular flexibility index (Phi) is 5.37. The number of esters is 1. The van der Waals surface area contributed by atoms with Gasteiger partial charge in [-0.1, -0.05) is 12.1 Å². The average Bonchev–Trinajstić information content (AvgIpc) is 3.29. The Morgan fingerprint density at radius 3 is 2.64 bits per heavy atom. The highest BCUT2D eigenvalue weighted by atomic mass is 19.1. The van der Waals surface area contributed by atoms with Crippen molar-refractivity contribution in [3.8, 4) is 0 Å². The number of carbonyl (C=O) groups excluding carboxylic acids is 2. The lowest BCUT2D eigenvalue weighted by Gasteiger charge is -2.24. The SMILES string of the molecule is CCOC(=O)CC(NC(=O)C1CC12CCNCC2)c1ccc(F)cc1. The maximum absolute atomic E-state index is 13.2. The second-order valence-corrected chi connectivity index (χ2v) is 6.99. The lowest BCUT2D eigenvalue weighted by molar-refractivity contribution is -0.143. The minimum absolute atomic E-state index is 0.0134. The van der Waals surface area contributed by atoms with Crippen molar-refractivity contribution in [1.82, 2.24) is 10.6 Å². The summed E-state index contributed by atoms with van der Waals surface area (Å²) in [5.74, 6) is -0.717. The number of rotatable bonds is 6. The van der Waals surface area contributed by atoms with E-state index in [1.54, 1.807) is 19.1 Å². The summed E-state index contributed by atoms with van der Waals surface area (Å²) in [6, 6.07) is 5.39. The molecule has 1 spiro atoms. The van der Waals surface area contributed by atoms with E-state index in [0.717, 1.165) is 32.4 Å². The molecule has 6 heteroatoms. The number of hydrogen-bond acceptors (Lipinski definition) is 4. The van der Waals surface area contributed by atoms with Gasteiger partial charge in [0, 0.05) is 5.92 Å². The van der Waals surface area contributed by atoms with Crippen LogP contribution in [0.4, 0.5) is 4.39 Å². The molecular formula is C19H25FN2O3. The van der Waals surface area contributed by atoms with E-state index in [0.29, 0.717) is 12.2 Å². The van der Waals surface area contributed by atoms with Gasteiger partial charge in [0.25, 0.3) is 0 Å². The number of nitrogens with one attached hydrogen (secondary N) is 2. The molecule has 1 aliphatic heterocycles. The smallest absolute Gasteiger partial charge is 0.308 e. The Morgan fingerprint density at radius 2 is 2.00 bits per heavy atom. The van der Waals surface area contributed by atoms with Crippen LogP contribution in [0.2, 0.25) is 0 Å². The monoisotopic (exact) mass is 348 g/mol. The second kappa shape index (κ2) is 7.52. The summed E-state index contributed by atoms with van der Waals surface area (Å²) < 4.78 is 18.2. The molecule has 3 rings (SSSR count). The summed E-state index contributed by atoms with van der Waals surface area (Å²) in [4.78, 5) is 24.6. The largest absolute Gasteiger partial charge is 0.466 e. The zero-order valence-corrected chi connectivity index (χ0v) is 14.5. The zero-order chi connectivity index (χ0) is 17.9. The van der Waals surface area contributed by atoms with Gasteiger partial charge in [-0.05, 0) is 62.4 Å². The van der Waals surface area contributed by atoms with Crippen LogP contribution in [0.15, 0.2) is 24.3 Å². The van der Waals surface area contributed by atoms with Crippen molar-refractivity contribution in [3.05, 3.63) is 35.6 Å². The van der Waals surface area contributed by atoms with Crippen molar-refractivity contribution >= 4 is 11.9 Å². The number of carbonyl (C=O) groups is 2. The van der Waals surface area contributed by atoms with E-state index in [-0.39, 0.29) is 35.4 Å². The minimum Gasteiger partial charge on any atom is -0.466 e. The predicted octanol–water partition coefficient (Wildman–Crippen LogP) is 2.33. The molecule has 0 radical (unpaired) electrons. The van der Waals surface area contributed by atoms with Gasteiger partial charge in [-0.3, -0.25) is 9.59 Å². The molecule has 1 amide bonds. The Balaban J connectivity index is 1.67. The third-order valence-corrected chi connectivity index (χ3v) is 5.37. The van der Waals surface area contributed by atoms with Crippen molar-refractivity contribution in [2.45, 2.75) is 38.6 Å². The van der Waals surface area contributed by atoms with Gasteiger partial charge in [-0.25, -0.2) is 4.39 Å². The van der Waals surface area contributed by atoms with E-state index >= 15 is 0 Å². The van der Waals surface area contributed by atoms with E-state index in [1.165, 1.54) is 12.1 Å². The molecule has 0 aromatic heterocycles. The van der Waals surface area contributed by atoms with Crippen LogP contribution in [-0.4, -0.2) is 31.6 Å². The second-order valence-electron chi connectivity index (χ2n) is 6.99. The van der Waals surface area contributed by atoms with Crippen molar-refractivity contribution in [3.63, 3.8) is 0 Å². The maximum Gasteiger partial charge on any atom is 0.308 e. The molecule has 1 saturated heterocycles. The van der Waals surface area contributed by atoms with Crippen LogP contribution in [0, 0.1) is 17.2 Å². The van der Waals surface area contributed by atoms with Crippen molar-refractivity contribution in [2.75, 3.05) is 19.7 Å². The molecule has 1 heterocycles. The van der Waals surface area contributed by atoms with Crippen molar-refractivity contribution < 1.29 is 18.7 Å². The topological polar surface area (TPSA) is 67.4 Å². The van der Waals surface area contributed by atoms with Crippen LogP contribution in [0.3, 0.4) is 0 Å². The number of ether oxygens (including phenoxy) is 1. The Bertz CT molecular complexity index is 626. The molecule has 136 valence electrons. The molecule has 1 saturated carbocycles. The summed E-state index contributed by atoms with van der Waals surface area (Å²) in [6.07, 6.45) is 3.00. The highest BCUT2D eigenvalue weighted by Crippen LogP contribution is 2.58. The molecule has 1 aliphatic carbocycles. The molecule has 0 bridgehead atoms. The average molecular weight is 348 g/mol. The molecule has 5 nitrogen and oxygen atoms in total. The number of amides is 1.